The molecule has 1 saturated heterocycles. The van der Waals surface area contributed by atoms with Crippen LogP contribution in [-0.4, -0.2) is 28.9 Å². The Labute approximate surface area is 139 Å². The average molecular weight is 359 g/mol. The quantitative estimate of drug-likeness (QED) is 0.751. The van der Waals surface area contributed by atoms with E-state index in [1.165, 1.54) is 5.56 Å². The molecule has 0 aliphatic carbocycles. The Morgan fingerprint density at radius 2 is 1.95 bits per heavy atom. The molecular formula is C18H19BrN2O. The summed E-state index contributed by atoms with van der Waals surface area (Å²) in [5.41, 5.74) is 2.10. The van der Waals surface area contributed by atoms with Gasteiger partial charge >= 0.3 is 0 Å². The molecule has 0 spiro atoms. The van der Waals surface area contributed by atoms with Crippen LogP contribution in [-0.2, 0) is 0 Å². The topological polar surface area (TPSA) is 33.2 Å². The van der Waals surface area contributed by atoms with E-state index in [0.717, 1.165) is 32.4 Å². The largest absolute Gasteiger partial charge is 0.339 e. The first-order valence-electron chi connectivity index (χ1n) is 7.70. The zero-order chi connectivity index (χ0) is 15.4. The third-order valence-electron chi connectivity index (χ3n) is 4.26. The minimum absolute atomic E-state index is 0.108. The van der Waals surface area contributed by atoms with Gasteiger partial charge in [-0.2, -0.15) is 0 Å². The normalized spacial score (nSPS) is 18.8. The molecule has 114 valence electrons. The molecule has 3 nitrogen and oxygen atoms in total. The molecule has 0 bridgehead atoms. The van der Waals surface area contributed by atoms with Crippen LogP contribution in [0.25, 0.3) is 0 Å². The number of hydrogen-bond donors (Lipinski definition) is 0. The van der Waals surface area contributed by atoms with Crippen molar-refractivity contribution in [3.8, 4) is 0 Å². The molecule has 1 atom stereocenters. The molecule has 0 saturated carbocycles. The van der Waals surface area contributed by atoms with Gasteiger partial charge in [0.2, 0.25) is 0 Å². The Morgan fingerprint density at radius 1 is 1.14 bits per heavy atom. The maximum absolute atomic E-state index is 12.6. The molecule has 1 unspecified atom stereocenters. The van der Waals surface area contributed by atoms with Gasteiger partial charge < -0.3 is 4.90 Å². The van der Waals surface area contributed by atoms with Crippen molar-refractivity contribution in [2.24, 2.45) is 0 Å². The van der Waals surface area contributed by atoms with Crippen molar-refractivity contribution in [1.29, 1.82) is 0 Å². The molecule has 1 fully saturated rings. The summed E-state index contributed by atoms with van der Waals surface area (Å²) in [5.74, 6) is 0.667. The molecule has 1 aliphatic heterocycles. The molecule has 3 rings (SSSR count). The summed E-state index contributed by atoms with van der Waals surface area (Å²) in [7, 11) is 0. The van der Waals surface area contributed by atoms with Crippen LogP contribution in [0.2, 0.25) is 0 Å². The number of aromatic nitrogens is 1. The maximum Gasteiger partial charge on any atom is 0.254 e. The lowest BCUT2D eigenvalue weighted by atomic mass is 9.92. The predicted molar refractivity (Wildman–Crippen MR) is 90.9 cm³/mol. The fourth-order valence-electron chi connectivity index (χ4n) is 3.08. The molecule has 1 aromatic carbocycles. The average Bonchev–Trinajstić information content (AvgIpc) is 2.81. The van der Waals surface area contributed by atoms with Crippen LogP contribution in [0, 0.1) is 0 Å². The molecule has 22 heavy (non-hydrogen) atoms. The lowest BCUT2D eigenvalue weighted by Crippen LogP contribution is -2.32. The number of hydrogen-bond acceptors (Lipinski definition) is 2. The number of pyridine rings is 1. The van der Waals surface area contributed by atoms with Crippen LogP contribution in [0.3, 0.4) is 0 Å². The second-order valence-electron chi connectivity index (χ2n) is 5.70. The lowest BCUT2D eigenvalue weighted by Gasteiger charge is -2.21. The fraction of sp³-hybridized carbons (Fsp3) is 0.333. The SMILES string of the molecule is O=C(c1ccnc(Br)c1)N1CCCC(c2ccccc2)CC1. The molecule has 1 aliphatic rings. The van der Waals surface area contributed by atoms with Crippen molar-refractivity contribution in [2.75, 3.05) is 13.1 Å². The zero-order valence-corrected chi connectivity index (χ0v) is 14.0. The Kier molecular flexibility index (Phi) is 4.88. The molecule has 1 aromatic heterocycles. The summed E-state index contributed by atoms with van der Waals surface area (Å²) in [4.78, 5) is 18.7. The monoisotopic (exact) mass is 358 g/mol. The van der Waals surface area contributed by atoms with Gasteiger partial charge in [0.15, 0.2) is 0 Å². The standard InChI is InChI=1S/C18H19BrN2O/c19-17-13-16(8-10-20-17)18(22)21-11-4-7-15(9-12-21)14-5-2-1-3-6-14/h1-3,5-6,8,10,13,15H,4,7,9,11-12H2. The Bertz CT molecular complexity index is 645. The van der Waals surface area contributed by atoms with Gasteiger partial charge in [-0.25, -0.2) is 4.98 Å². The minimum Gasteiger partial charge on any atom is -0.339 e. The number of likely N-dealkylation sites (tertiary alicyclic amines) is 1. The molecule has 2 heterocycles. The third kappa shape index (κ3) is 3.55. The van der Waals surface area contributed by atoms with E-state index < -0.39 is 0 Å². The summed E-state index contributed by atoms with van der Waals surface area (Å²) in [6.07, 6.45) is 4.90. The van der Waals surface area contributed by atoms with E-state index in [0.29, 0.717) is 16.1 Å². The number of rotatable bonds is 2. The highest BCUT2D eigenvalue weighted by Gasteiger charge is 2.22. The second-order valence-corrected chi connectivity index (χ2v) is 6.51. The number of halogens is 1. The maximum atomic E-state index is 12.6. The van der Waals surface area contributed by atoms with Gasteiger partial charge in [-0.15, -0.1) is 0 Å². The Morgan fingerprint density at radius 3 is 2.73 bits per heavy atom. The van der Waals surface area contributed by atoms with E-state index in [1.54, 1.807) is 18.3 Å². The molecule has 4 heteroatoms. The lowest BCUT2D eigenvalue weighted by molar-refractivity contribution is 0.0761. The first-order chi connectivity index (χ1) is 10.7. The summed E-state index contributed by atoms with van der Waals surface area (Å²) >= 11 is 3.33. The van der Waals surface area contributed by atoms with Crippen LogP contribution < -0.4 is 0 Å². The van der Waals surface area contributed by atoms with Crippen LogP contribution in [0.5, 0.6) is 0 Å². The predicted octanol–water partition coefficient (Wildman–Crippen LogP) is 4.25. The number of amides is 1. The summed E-state index contributed by atoms with van der Waals surface area (Å²) < 4.78 is 0.704. The van der Waals surface area contributed by atoms with Crippen LogP contribution in [0.15, 0.2) is 53.3 Å². The molecule has 0 N–H and O–H groups in total. The van der Waals surface area contributed by atoms with Crippen molar-refractivity contribution < 1.29 is 4.79 Å². The third-order valence-corrected chi connectivity index (χ3v) is 4.69. The Hall–Kier alpha value is -1.68. The van der Waals surface area contributed by atoms with Gasteiger partial charge in [0.1, 0.15) is 4.60 Å². The number of carbonyl (C=O) groups is 1. The van der Waals surface area contributed by atoms with E-state index in [9.17, 15) is 4.79 Å². The summed E-state index contributed by atoms with van der Waals surface area (Å²) in [6.45, 7) is 1.65. The van der Waals surface area contributed by atoms with E-state index in [4.69, 9.17) is 0 Å². The summed E-state index contributed by atoms with van der Waals surface area (Å²) in [6, 6.07) is 14.2. The van der Waals surface area contributed by atoms with Crippen molar-refractivity contribution in [3.63, 3.8) is 0 Å². The summed E-state index contributed by atoms with van der Waals surface area (Å²) in [5, 5.41) is 0. The second kappa shape index (κ2) is 7.05. The van der Waals surface area contributed by atoms with Crippen molar-refractivity contribution in [1.82, 2.24) is 9.88 Å². The van der Waals surface area contributed by atoms with Gasteiger partial charge in [0, 0.05) is 24.8 Å². The van der Waals surface area contributed by atoms with Gasteiger partial charge in [-0.05, 0) is 58.8 Å². The van der Waals surface area contributed by atoms with E-state index in [1.807, 2.05) is 4.90 Å². The number of benzene rings is 1. The first-order valence-corrected chi connectivity index (χ1v) is 8.49. The molecule has 2 aromatic rings. The van der Waals surface area contributed by atoms with Crippen molar-refractivity contribution in [2.45, 2.75) is 25.2 Å². The molecule has 0 radical (unpaired) electrons. The van der Waals surface area contributed by atoms with E-state index in [-0.39, 0.29) is 5.91 Å². The highest BCUT2D eigenvalue weighted by Crippen LogP contribution is 2.28. The fourth-order valence-corrected chi connectivity index (χ4v) is 3.44. The molecule has 1 amide bonds. The highest BCUT2D eigenvalue weighted by atomic mass is 79.9. The van der Waals surface area contributed by atoms with Gasteiger partial charge in [-0.1, -0.05) is 30.3 Å². The minimum atomic E-state index is 0.108. The van der Waals surface area contributed by atoms with Crippen LogP contribution in [0.4, 0.5) is 0 Å². The van der Waals surface area contributed by atoms with Gasteiger partial charge in [-0.3, -0.25) is 4.79 Å². The highest BCUT2D eigenvalue weighted by molar-refractivity contribution is 9.10. The number of carbonyl (C=O) groups excluding carboxylic acids is 1. The van der Waals surface area contributed by atoms with Crippen molar-refractivity contribution >= 4 is 21.8 Å². The Balaban J connectivity index is 1.69. The zero-order valence-electron chi connectivity index (χ0n) is 12.4. The van der Waals surface area contributed by atoms with Gasteiger partial charge in [0.25, 0.3) is 5.91 Å². The number of nitrogens with zero attached hydrogens (tertiary/aromatic N) is 2. The van der Waals surface area contributed by atoms with Crippen LogP contribution >= 0.6 is 15.9 Å². The van der Waals surface area contributed by atoms with E-state index in [2.05, 4.69) is 51.2 Å². The smallest absolute Gasteiger partial charge is 0.254 e. The van der Waals surface area contributed by atoms with Crippen LogP contribution in [0.1, 0.15) is 41.1 Å². The van der Waals surface area contributed by atoms with Gasteiger partial charge in [0.05, 0.1) is 0 Å². The van der Waals surface area contributed by atoms with E-state index >= 15 is 0 Å². The first kappa shape index (κ1) is 15.2. The van der Waals surface area contributed by atoms with Crippen molar-refractivity contribution in [3.05, 3.63) is 64.4 Å². The molecular weight excluding hydrogens is 340 g/mol.